The van der Waals surface area contributed by atoms with Gasteiger partial charge in [-0.05, 0) is 67.6 Å². The summed E-state index contributed by atoms with van der Waals surface area (Å²) in [6.07, 6.45) is 5.86. The summed E-state index contributed by atoms with van der Waals surface area (Å²) in [4.78, 5) is 17.7. The monoisotopic (exact) mass is 436 g/mol. The number of aromatic amines is 1. The average molecular weight is 437 g/mol. The summed E-state index contributed by atoms with van der Waals surface area (Å²) in [6.45, 7) is 5.52. The first kappa shape index (κ1) is 22.0. The molecule has 3 aromatic rings. The molecule has 5 heteroatoms. The summed E-state index contributed by atoms with van der Waals surface area (Å²) in [5, 5.41) is 1.15. The van der Waals surface area contributed by atoms with Gasteiger partial charge in [-0.3, -0.25) is 4.79 Å². The maximum absolute atomic E-state index is 11.8. The maximum Gasteiger partial charge on any atom is 0.311 e. The number of benzene rings is 2. The molecular formula is C26H32N2O2S. The topological polar surface area (TPSA) is 45.3 Å². The zero-order valence-corrected chi connectivity index (χ0v) is 19.1. The number of piperidine rings is 1. The second kappa shape index (κ2) is 10.9. The van der Waals surface area contributed by atoms with E-state index in [0.29, 0.717) is 12.2 Å². The predicted molar refractivity (Wildman–Crippen MR) is 130 cm³/mol. The van der Waals surface area contributed by atoms with Crippen molar-refractivity contribution in [1.82, 2.24) is 9.88 Å². The molecule has 31 heavy (non-hydrogen) atoms. The van der Waals surface area contributed by atoms with Gasteiger partial charge in [0.25, 0.3) is 0 Å². The Morgan fingerprint density at radius 1 is 1.16 bits per heavy atom. The predicted octanol–water partition coefficient (Wildman–Crippen LogP) is 5.99. The zero-order chi connectivity index (χ0) is 21.5. The minimum absolute atomic E-state index is 0.163. The molecule has 164 valence electrons. The first-order valence-electron chi connectivity index (χ1n) is 11.4. The molecule has 2 aromatic carbocycles. The van der Waals surface area contributed by atoms with Gasteiger partial charge in [0.15, 0.2) is 0 Å². The van der Waals surface area contributed by atoms with E-state index in [1.54, 1.807) is 0 Å². The van der Waals surface area contributed by atoms with Crippen LogP contribution in [0.1, 0.15) is 49.7 Å². The number of carbonyl (C=O) groups excluding carboxylic acids is 1. The van der Waals surface area contributed by atoms with Gasteiger partial charge in [0, 0.05) is 41.6 Å². The SMILES string of the molecule is CCCC(=O)Oc1ccc2[nH]cc(CSCCN3CCC(c4ccccc4)CC3)c2c1. The van der Waals surface area contributed by atoms with E-state index >= 15 is 0 Å². The third-order valence-corrected chi connectivity index (χ3v) is 7.08. The molecule has 0 amide bonds. The number of H-pyrrole nitrogens is 1. The molecule has 0 spiro atoms. The molecule has 1 aliphatic heterocycles. The fourth-order valence-corrected chi connectivity index (χ4v) is 5.31. The van der Waals surface area contributed by atoms with Gasteiger partial charge in [-0.2, -0.15) is 11.8 Å². The summed E-state index contributed by atoms with van der Waals surface area (Å²) in [5.74, 6) is 3.29. The molecule has 0 atom stereocenters. The van der Waals surface area contributed by atoms with Gasteiger partial charge >= 0.3 is 5.97 Å². The van der Waals surface area contributed by atoms with Crippen molar-refractivity contribution >= 4 is 28.6 Å². The molecule has 2 heterocycles. The number of aromatic nitrogens is 1. The molecule has 4 rings (SSSR count). The zero-order valence-electron chi connectivity index (χ0n) is 18.3. The molecule has 4 nitrogen and oxygen atoms in total. The second-order valence-corrected chi connectivity index (χ2v) is 9.43. The Kier molecular flexibility index (Phi) is 7.71. The normalized spacial score (nSPS) is 15.4. The number of hydrogen-bond acceptors (Lipinski definition) is 4. The van der Waals surface area contributed by atoms with Crippen molar-refractivity contribution in [2.45, 2.75) is 44.3 Å². The van der Waals surface area contributed by atoms with Gasteiger partial charge in [-0.25, -0.2) is 0 Å². The van der Waals surface area contributed by atoms with Gasteiger partial charge in [-0.1, -0.05) is 37.3 Å². The third kappa shape index (κ3) is 5.92. The van der Waals surface area contributed by atoms with Crippen molar-refractivity contribution in [3.8, 4) is 5.75 Å². The van der Waals surface area contributed by atoms with E-state index in [2.05, 4.69) is 46.4 Å². The van der Waals surface area contributed by atoms with Gasteiger partial charge in [0.05, 0.1) is 0 Å². The van der Waals surface area contributed by atoms with E-state index in [1.165, 1.54) is 37.1 Å². The average Bonchev–Trinajstić information content (AvgIpc) is 3.20. The summed E-state index contributed by atoms with van der Waals surface area (Å²) < 4.78 is 5.47. The Morgan fingerprint density at radius 3 is 2.74 bits per heavy atom. The number of rotatable bonds is 9. The Morgan fingerprint density at radius 2 is 1.97 bits per heavy atom. The van der Waals surface area contributed by atoms with Crippen molar-refractivity contribution in [1.29, 1.82) is 0 Å². The Hall–Kier alpha value is -2.24. The number of hydrogen-bond donors (Lipinski definition) is 1. The number of ether oxygens (including phenoxy) is 1. The molecule has 1 saturated heterocycles. The van der Waals surface area contributed by atoms with Crippen LogP contribution in [0.5, 0.6) is 5.75 Å². The number of carbonyl (C=O) groups is 1. The van der Waals surface area contributed by atoms with Gasteiger partial charge in [0.2, 0.25) is 0 Å². The highest BCUT2D eigenvalue weighted by Gasteiger charge is 2.20. The Bertz CT molecular complexity index is 977. The van der Waals surface area contributed by atoms with Crippen LogP contribution in [-0.2, 0) is 10.5 Å². The van der Waals surface area contributed by atoms with Crippen molar-refractivity contribution in [2.24, 2.45) is 0 Å². The minimum atomic E-state index is -0.163. The third-order valence-electron chi connectivity index (χ3n) is 6.09. The van der Waals surface area contributed by atoms with Crippen molar-refractivity contribution in [3.63, 3.8) is 0 Å². The van der Waals surface area contributed by atoms with Gasteiger partial charge in [-0.15, -0.1) is 0 Å². The van der Waals surface area contributed by atoms with E-state index in [1.807, 2.05) is 36.9 Å². The lowest BCUT2D eigenvalue weighted by atomic mass is 9.89. The lowest BCUT2D eigenvalue weighted by Crippen LogP contribution is -2.34. The highest BCUT2D eigenvalue weighted by Crippen LogP contribution is 2.29. The molecular weight excluding hydrogens is 404 g/mol. The number of nitrogens with one attached hydrogen (secondary N) is 1. The number of esters is 1. The van der Waals surface area contributed by atoms with Crippen LogP contribution < -0.4 is 4.74 Å². The molecule has 1 fully saturated rings. The smallest absolute Gasteiger partial charge is 0.311 e. The van der Waals surface area contributed by atoms with Crippen LogP contribution >= 0.6 is 11.8 Å². The van der Waals surface area contributed by atoms with Crippen molar-refractivity contribution in [2.75, 3.05) is 25.4 Å². The minimum Gasteiger partial charge on any atom is -0.427 e. The summed E-state index contributed by atoms with van der Waals surface area (Å²) in [7, 11) is 0. The standard InChI is InChI=1S/C26H32N2O2S/c1-2-6-26(29)30-23-9-10-25-24(17-23)22(18-27-25)19-31-16-15-28-13-11-21(12-14-28)20-7-4-3-5-8-20/h3-5,7-10,17-18,21,27H,2,6,11-16,19H2,1H3. The molecule has 0 aliphatic carbocycles. The molecule has 0 saturated carbocycles. The highest BCUT2D eigenvalue weighted by atomic mass is 32.2. The van der Waals surface area contributed by atoms with Gasteiger partial charge < -0.3 is 14.6 Å². The Balaban J connectivity index is 1.23. The van der Waals surface area contributed by atoms with Crippen molar-refractivity contribution < 1.29 is 9.53 Å². The summed E-state index contributed by atoms with van der Waals surface area (Å²) >= 11 is 1.98. The lowest BCUT2D eigenvalue weighted by Gasteiger charge is -2.32. The van der Waals surface area contributed by atoms with Gasteiger partial charge in [0.1, 0.15) is 5.75 Å². The summed E-state index contributed by atoms with van der Waals surface area (Å²) in [5.41, 5.74) is 3.86. The summed E-state index contributed by atoms with van der Waals surface area (Å²) in [6, 6.07) is 16.8. The molecule has 0 unspecified atom stereocenters. The van der Waals surface area contributed by atoms with Crippen LogP contribution in [0, 0.1) is 0 Å². The Labute approximate surface area is 189 Å². The first-order valence-corrected chi connectivity index (χ1v) is 12.5. The van der Waals surface area contributed by atoms with E-state index in [-0.39, 0.29) is 5.97 Å². The highest BCUT2D eigenvalue weighted by molar-refractivity contribution is 7.98. The molecule has 1 aliphatic rings. The van der Waals surface area contributed by atoms with Crippen LogP contribution in [0.4, 0.5) is 0 Å². The van der Waals surface area contributed by atoms with Crippen LogP contribution in [0.15, 0.2) is 54.7 Å². The van der Waals surface area contributed by atoms with Crippen molar-refractivity contribution in [3.05, 3.63) is 65.9 Å². The number of thioether (sulfide) groups is 1. The van der Waals surface area contributed by atoms with Crippen LogP contribution in [-0.4, -0.2) is 41.2 Å². The quantitative estimate of drug-likeness (QED) is 0.254. The molecule has 1 N–H and O–H groups in total. The molecule has 0 radical (unpaired) electrons. The van der Waals surface area contributed by atoms with Crippen LogP contribution in [0.2, 0.25) is 0 Å². The maximum atomic E-state index is 11.8. The largest absolute Gasteiger partial charge is 0.427 e. The van der Waals surface area contributed by atoms with Crippen LogP contribution in [0.3, 0.4) is 0 Å². The number of likely N-dealkylation sites (tertiary alicyclic amines) is 1. The van der Waals surface area contributed by atoms with Crippen LogP contribution in [0.25, 0.3) is 10.9 Å². The van der Waals surface area contributed by atoms with E-state index < -0.39 is 0 Å². The number of fused-ring (bicyclic) bond motifs is 1. The fourth-order valence-electron chi connectivity index (χ4n) is 4.32. The second-order valence-electron chi connectivity index (χ2n) is 8.32. The number of nitrogens with zero attached hydrogens (tertiary/aromatic N) is 1. The molecule has 0 bridgehead atoms. The lowest BCUT2D eigenvalue weighted by molar-refractivity contribution is -0.134. The molecule has 1 aromatic heterocycles. The van der Waals surface area contributed by atoms with E-state index in [4.69, 9.17) is 4.74 Å². The fraction of sp³-hybridized carbons (Fsp3) is 0.423. The first-order chi connectivity index (χ1) is 15.2. The van der Waals surface area contributed by atoms with E-state index in [9.17, 15) is 4.79 Å². The van der Waals surface area contributed by atoms with E-state index in [0.717, 1.165) is 41.3 Å².